The normalized spacial score (nSPS) is 8.92. The standard InChI is InChI=1S/C9H8N4/c10-5-2-1-3-9(7-12,8-13)4-6-11/h1-4H2. The molecule has 0 aromatic heterocycles. The van der Waals surface area contributed by atoms with E-state index in [1.165, 1.54) is 0 Å². The Morgan fingerprint density at radius 3 is 1.92 bits per heavy atom. The Balaban J connectivity index is 4.30. The molecule has 0 saturated carbocycles. The number of nitrogens with zero attached hydrogens (tertiary/aromatic N) is 4. The van der Waals surface area contributed by atoms with E-state index in [0.717, 1.165) is 0 Å². The first-order valence-corrected chi connectivity index (χ1v) is 3.81. The first-order valence-electron chi connectivity index (χ1n) is 3.81. The lowest BCUT2D eigenvalue weighted by Crippen LogP contribution is -2.14. The minimum absolute atomic E-state index is 0.0918. The van der Waals surface area contributed by atoms with Crippen LogP contribution in [0.3, 0.4) is 0 Å². The Morgan fingerprint density at radius 2 is 1.54 bits per heavy atom. The van der Waals surface area contributed by atoms with Gasteiger partial charge in [0.05, 0.1) is 30.7 Å². The molecule has 13 heavy (non-hydrogen) atoms. The van der Waals surface area contributed by atoms with E-state index in [1.54, 1.807) is 0 Å². The minimum Gasteiger partial charge on any atom is -0.198 e. The molecule has 0 aliphatic rings. The SMILES string of the molecule is N#CCCCC(C#N)(C#N)CC#N. The molecule has 0 aromatic rings. The van der Waals surface area contributed by atoms with E-state index >= 15 is 0 Å². The largest absolute Gasteiger partial charge is 0.198 e. The molecule has 0 bridgehead atoms. The van der Waals surface area contributed by atoms with Gasteiger partial charge in [-0.1, -0.05) is 0 Å². The maximum atomic E-state index is 8.70. The van der Waals surface area contributed by atoms with Gasteiger partial charge in [0, 0.05) is 6.42 Å². The molecule has 0 N–H and O–H groups in total. The van der Waals surface area contributed by atoms with Crippen molar-refractivity contribution in [1.29, 1.82) is 21.0 Å². The van der Waals surface area contributed by atoms with Gasteiger partial charge in [0.25, 0.3) is 0 Å². The van der Waals surface area contributed by atoms with Crippen LogP contribution in [0.5, 0.6) is 0 Å². The molecule has 4 heteroatoms. The number of nitriles is 4. The predicted molar refractivity (Wildman–Crippen MR) is 43.4 cm³/mol. The summed E-state index contributed by atoms with van der Waals surface area (Å²) >= 11 is 0. The van der Waals surface area contributed by atoms with Crippen molar-refractivity contribution in [3.8, 4) is 24.3 Å². The Morgan fingerprint density at radius 1 is 0.923 bits per heavy atom. The molecular weight excluding hydrogens is 164 g/mol. The van der Waals surface area contributed by atoms with Crippen molar-refractivity contribution in [1.82, 2.24) is 0 Å². The van der Waals surface area contributed by atoms with Crippen LogP contribution < -0.4 is 0 Å². The molecule has 0 atom stereocenters. The molecule has 0 saturated heterocycles. The molecule has 4 nitrogen and oxygen atoms in total. The molecule has 0 heterocycles. The van der Waals surface area contributed by atoms with Crippen LogP contribution in [0.4, 0.5) is 0 Å². The molecule has 0 aliphatic carbocycles. The number of unbranched alkanes of at least 4 members (excludes halogenated alkanes) is 1. The maximum Gasteiger partial charge on any atom is 0.156 e. The van der Waals surface area contributed by atoms with E-state index in [2.05, 4.69) is 0 Å². The summed E-state index contributed by atoms with van der Waals surface area (Å²) in [4.78, 5) is 0. The summed E-state index contributed by atoms with van der Waals surface area (Å²) in [5.74, 6) is 0. The second-order valence-corrected chi connectivity index (χ2v) is 2.65. The van der Waals surface area contributed by atoms with Crippen LogP contribution in [0.25, 0.3) is 0 Å². The summed E-state index contributed by atoms with van der Waals surface area (Å²) in [5, 5.41) is 34.1. The van der Waals surface area contributed by atoms with E-state index in [0.29, 0.717) is 19.3 Å². The lowest BCUT2D eigenvalue weighted by atomic mass is 9.83. The smallest absolute Gasteiger partial charge is 0.156 e. The van der Waals surface area contributed by atoms with Crippen LogP contribution in [0.1, 0.15) is 25.7 Å². The molecule has 0 amide bonds. The highest BCUT2D eigenvalue weighted by Gasteiger charge is 2.29. The zero-order chi connectivity index (χ0) is 10.2. The molecular formula is C9H8N4. The van der Waals surface area contributed by atoms with Crippen LogP contribution in [0.2, 0.25) is 0 Å². The fourth-order valence-corrected chi connectivity index (χ4v) is 0.908. The quantitative estimate of drug-likeness (QED) is 0.602. The Hall–Kier alpha value is -2.04. The van der Waals surface area contributed by atoms with Gasteiger partial charge in [-0.3, -0.25) is 0 Å². The van der Waals surface area contributed by atoms with Crippen molar-refractivity contribution in [2.24, 2.45) is 5.41 Å². The average molecular weight is 172 g/mol. The number of rotatable bonds is 4. The molecule has 0 aromatic carbocycles. The monoisotopic (exact) mass is 172 g/mol. The van der Waals surface area contributed by atoms with Gasteiger partial charge in [0.15, 0.2) is 5.41 Å². The van der Waals surface area contributed by atoms with E-state index in [4.69, 9.17) is 21.0 Å². The molecule has 0 unspecified atom stereocenters. The zero-order valence-electron chi connectivity index (χ0n) is 7.12. The van der Waals surface area contributed by atoms with Crippen LogP contribution in [0, 0.1) is 50.7 Å². The summed E-state index contributed by atoms with van der Waals surface area (Å²) in [6, 6.07) is 7.40. The summed E-state index contributed by atoms with van der Waals surface area (Å²) in [6.45, 7) is 0. The summed E-state index contributed by atoms with van der Waals surface area (Å²) in [5.41, 5.74) is -1.22. The molecule has 0 fully saturated rings. The molecule has 64 valence electrons. The highest BCUT2D eigenvalue weighted by molar-refractivity contribution is 5.16. The maximum absolute atomic E-state index is 8.70. The van der Waals surface area contributed by atoms with E-state index in [9.17, 15) is 0 Å². The fraction of sp³-hybridized carbons (Fsp3) is 0.556. The Labute approximate surface area is 77.2 Å². The van der Waals surface area contributed by atoms with Crippen LogP contribution in [-0.2, 0) is 0 Å². The predicted octanol–water partition coefficient (Wildman–Crippen LogP) is 1.63. The fourth-order valence-electron chi connectivity index (χ4n) is 0.908. The molecule has 0 spiro atoms. The average Bonchev–Trinajstić information content (AvgIpc) is 2.17. The molecule has 0 rings (SSSR count). The number of hydrogen-bond donors (Lipinski definition) is 0. The van der Waals surface area contributed by atoms with Gasteiger partial charge in [-0.25, -0.2) is 0 Å². The van der Waals surface area contributed by atoms with Crippen LogP contribution in [0.15, 0.2) is 0 Å². The second-order valence-electron chi connectivity index (χ2n) is 2.65. The van der Waals surface area contributed by atoms with Crippen LogP contribution >= 0.6 is 0 Å². The van der Waals surface area contributed by atoms with Crippen molar-refractivity contribution in [2.45, 2.75) is 25.7 Å². The van der Waals surface area contributed by atoms with Gasteiger partial charge < -0.3 is 0 Å². The van der Waals surface area contributed by atoms with Gasteiger partial charge in [0.2, 0.25) is 0 Å². The lowest BCUT2D eigenvalue weighted by Gasteiger charge is -2.12. The zero-order valence-corrected chi connectivity index (χ0v) is 7.12. The Kier molecular flexibility index (Phi) is 4.71. The topological polar surface area (TPSA) is 95.2 Å². The minimum atomic E-state index is -1.22. The molecule has 0 aliphatic heterocycles. The van der Waals surface area contributed by atoms with Crippen molar-refractivity contribution in [2.75, 3.05) is 0 Å². The highest BCUT2D eigenvalue weighted by Crippen LogP contribution is 2.26. The molecule has 0 radical (unpaired) electrons. The lowest BCUT2D eigenvalue weighted by molar-refractivity contribution is 0.472. The van der Waals surface area contributed by atoms with Gasteiger partial charge >= 0.3 is 0 Å². The third-order valence-corrected chi connectivity index (χ3v) is 1.70. The first-order chi connectivity index (χ1) is 6.24. The van der Waals surface area contributed by atoms with Crippen molar-refractivity contribution >= 4 is 0 Å². The highest BCUT2D eigenvalue weighted by atomic mass is 14.4. The third kappa shape index (κ3) is 3.24. The van der Waals surface area contributed by atoms with E-state index in [-0.39, 0.29) is 6.42 Å². The van der Waals surface area contributed by atoms with Gasteiger partial charge in [-0.2, -0.15) is 21.0 Å². The summed E-state index contributed by atoms with van der Waals surface area (Å²) < 4.78 is 0. The van der Waals surface area contributed by atoms with Gasteiger partial charge in [0.1, 0.15) is 0 Å². The summed E-state index contributed by atoms with van der Waals surface area (Å²) in [7, 11) is 0. The number of hydrogen-bond acceptors (Lipinski definition) is 4. The summed E-state index contributed by atoms with van der Waals surface area (Å²) in [6.07, 6.45) is 1.00. The van der Waals surface area contributed by atoms with E-state index < -0.39 is 5.41 Å². The van der Waals surface area contributed by atoms with Crippen molar-refractivity contribution in [3.05, 3.63) is 0 Å². The third-order valence-electron chi connectivity index (χ3n) is 1.70. The second kappa shape index (κ2) is 5.59. The Bertz CT molecular complexity index is 303. The van der Waals surface area contributed by atoms with Crippen molar-refractivity contribution in [3.63, 3.8) is 0 Å². The first kappa shape index (κ1) is 11.0. The van der Waals surface area contributed by atoms with E-state index in [1.807, 2.05) is 24.3 Å². The van der Waals surface area contributed by atoms with Crippen LogP contribution in [-0.4, -0.2) is 0 Å². The van der Waals surface area contributed by atoms with Crippen molar-refractivity contribution < 1.29 is 0 Å². The van der Waals surface area contributed by atoms with Gasteiger partial charge in [-0.05, 0) is 12.8 Å². The van der Waals surface area contributed by atoms with Gasteiger partial charge in [-0.15, -0.1) is 0 Å².